The molecule has 0 saturated carbocycles. The van der Waals surface area contributed by atoms with Gasteiger partial charge in [0, 0.05) is 93.2 Å². The van der Waals surface area contributed by atoms with E-state index in [0.717, 1.165) is 105 Å². The molecule has 2 heterocycles. The Bertz CT molecular complexity index is 5830. The highest BCUT2D eigenvalue weighted by Gasteiger charge is 2.29. The normalized spacial score (nSPS) is 11.8. The van der Waals surface area contributed by atoms with E-state index in [-0.39, 0.29) is 28.8 Å². The van der Waals surface area contributed by atoms with E-state index in [1.165, 1.54) is 0 Å². The van der Waals surface area contributed by atoms with Gasteiger partial charge in [0.25, 0.3) is 0 Å². The van der Waals surface area contributed by atoms with Crippen molar-refractivity contribution in [1.29, 1.82) is 0 Å². The van der Waals surface area contributed by atoms with Gasteiger partial charge in [-0.2, -0.15) is 0 Å². The number of fused-ring (bicyclic) bond motifs is 7. The van der Waals surface area contributed by atoms with Crippen molar-refractivity contribution in [3.63, 3.8) is 0 Å². The van der Waals surface area contributed by atoms with E-state index in [1.54, 1.807) is 72.8 Å². The number of furan rings is 2. The van der Waals surface area contributed by atoms with Gasteiger partial charge in [0.05, 0.1) is 0 Å². The number of phenols is 2. The molecule has 18 aromatic rings. The van der Waals surface area contributed by atoms with Gasteiger partial charge in [-0.1, -0.05) is 352 Å². The predicted octanol–water partition coefficient (Wildman–Crippen LogP) is 25.9. The van der Waals surface area contributed by atoms with Crippen LogP contribution in [0.15, 0.2) is 409 Å². The number of hydrogen-bond acceptors (Lipinski definition) is 9. The number of carbonyl (C=O) groups is 3. The van der Waals surface area contributed by atoms with Crippen LogP contribution in [0.5, 0.6) is 23.0 Å². The molecule has 10 heteroatoms. The fourth-order valence-electron chi connectivity index (χ4n) is 13.7. The molecule has 16 aromatic carbocycles. The maximum Gasteiger partial charge on any atom is 0.207 e. The molecular weight excluding hydrogens is 1380 g/mol. The first-order chi connectivity index (χ1) is 54.1. The van der Waals surface area contributed by atoms with Gasteiger partial charge in [0.1, 0.15) is 51.1 Å². The van der Waals surface area contributed by atoms with Crippen LogP contribution in [0.2, 0.25) is 0 Å². The first-order valence-electron chi connectivity index (χ1n) is 36.1. The maximum atomic E-state index is 13.7. The van der Waals surface area contributed by atoms with Crippen LogP contribution >= 0.6 is 11.6 Å². The third kappa shape index (κ3) is 15.6. The van der Waals surface area contributed by atoms with Crippen molar-refractivity contribution in [2.24, 2.45) is 0 Å². The van der Waals surface area contributed by atoms with Crippen LogP contribution in [0.4, 0.5) is 0 Å². The number of alkyl halides is 1. The van der Waals surface area contributed by atoms with Crippen LogP contribution in [0.25, 0.3) is 99.2 Å². The van der Waals surface area contributed by atoms with Gasteiger partial charge in [-0.25, -0.2) is 0 Å². The summed E-state index contributed by atoms with van der Waals surface area (Å²) >= 11 is 6.14. The lowest BCUT2D eigenvalue weighted by Gasteiger charge is -2.22. The summed E-state index contributed by atoms with van der Waals surface area (Å²) in [6.45, 7) is 0. The van der Waals surface area contributed by atoms with Crippen LogP contribution in [-0.2, 0) is 0 Å². The molecule has 3 unspecified atom stereocenters. The van der Waals surface area contributed by atoms with Crippen LogP contribution < -0.4 is 9.47 Å². The molecule has 0 bridgehead atoms. The number of aromatic hydroxyl groups is 2. The summed E-state index contributed by atoms with van der Waals surface area (Å²) in [5.74, 6) is 2.91. The third-order valence-electron chi connectivity index (χ3n) is 19.1. The van der Waals surface area contributed by atoms with Gasteiger partial charge in [0.2, 0.25) is 11.6 Å². The lowest BCUT2D eigenvalue weighted by Crippen LogP contribution is -2.20. The Morgan fingerprint density at radius 1 is 0.255 bits per heavy atom. The SMILES string of the molecule is O=C(c1ccccc1)C(Cl)c1ccccc1.O=C(c1ccccc1)C(Oc1cccc2c(OC(C(=O)c3ccccc3)c3ccccc3)cccc12)c1ccccc1.Oc1cccc2c(O)cccc12.c1ccc(-c2oc3c(ccc4c3ccc3c(-c5ccccc5)c(-c5ccccc5)oc34)c2-c2ccccc2)cc1. The molecule has 0 amide bonds. The average Bonchev–Trinajstić information content (AvgIpc) is 1.56. The highest BCUT2D eigenvalue weighted by molar-refractivity contribution is 6.34. The number of carbonyl (C=O) groups excluding carboxylic acids is 3. The topological polar surface area (TPSA) is 136 Å². The molecular formula is C100H71ClO9. The first-order valence-corrected chi connectivity index (χ1v) is 36.5. The monoisotopic (exact) mass is 1450 g/mol. The summed E-state index contributed by atoms with van der Waals surface area (Å²) in [6.07, 6.45) is -1.69. The Labute approximate surface area is 641 Å². The number of ether oxygens (including phenoxy) is 2. The lowest BCUT2D eigenvalue weighted by atomic mass is 9.95. The number of benzene rings is 16. The zero-order valence-electron chi connectivity index (χ0n) is 59.5. The van der Waals surface area contributed by atoms with Crippen LogP contribution in [-0.4, -0.2) is 27.6 Å². The summed E-state index contributed by atoms with van der Waals surface area (Å²) in [5, 5.41) is 25.3. The molecule has 9 nitrogen and oxygen atoms in total. The molecule has 0 fully saturated rings. The zero-order chi connectivity index (χ0) is 75.1. The fraction of sp³-hybridized carbons (Fsp3) is 0.0300. The highest BCUT2D eigenvalue weighted by atomic mass is 35.5. The van der Waals surface area contributed by atoms with E-state index in [9.17, 15) is 24.6 Å². The van der Waals surface area contributed by atoms with Gasteiger partial charge in [0.15, 0.2) is 18.0 Å². The largest absolute Gasteiger partial charge is 0.507 e. The van der Waals surface area contributed by atoms with Gasteiger partial charge in [-0.05, 0) is 65.2 Å². The van der Waals surface area contributed by atoms with Gasteiger partial charge < -0.3 is 28.5 Å². The number of rotatable bonds is 17. The minimum Gasteiger partial charge on any atom is -0.507 e. The second-order valence-electron chi connectivity index (χ2n) is 26.1. The van der Waals surface area contributed by atoms with Gasteiger partial charge >= 0.3 is 0 Å². The fourth-order valence-corrected chi connectivity index (χ4v) is 14.0. The summed E-state index contributed by atoms with van der Waals surface area (Å²) in [6, 6.07) is 128. The second-order valence-corrected chi connectivity index (χ2v) is 26.5. The van der Waals surface area contributed by atoms with Crippen molar-refractivity contribution in [2.75, 3.05) is 0 Å². The first kappa shape index (κ1) is 71.5. The van der Waals surface area contributed by atoms with E-state index in [0.29, 0.717) is 39.0 Å². The van der Waals surface area contributed by atoms with Crippen molar-refractivity contribution in [1.82, 2.24) is 0 Å². The Morgan fingerprint density at radius 3 is 0.873 bits per heavy atom. The third-order valence-corrected chi connectivity index (χ3v) is 19.5. The molecule has 0 aliphatic rings. The Balaban J connectivity index is 0.000000130. The predicted molar refractivity (Wildman–Crippen MR) is 443 cm³/mol. The molecule has 0 aliphatic carbocycles. The van der Waals surface area contributed by atoms with Crippen molar-refractivity contribution in [3.8, 4) is 67.9 Å². The number of phenolic OH excluding ortho intramolecular Hbond substituents is 2. The molecule has 532 valence electrons. The van der Waals surface area contributed by atoms with E-state index in [1.807, 2.05) is 206 Å². The highest BCUT2D eigenvalue weighted by Crippen LogP contribution is 2.48. The van der Waals surface area contributed by atoms with Crippen LogP contribution in [0.3, 0.4) is 0 Å². The Hall–Kier alpha value is -14.1. The standard InChI is InChI=1S/C38H28O4.C38H24O2.C14H11ClO.C10H8O2/c39-35(27-15-5-1-6-16-27)37(29-19-9-3-10-20-29)41-33-25-13-24-32-31(33)23-14-26-34(32)42-38(30-21-11-4-12-22-30)36(40)28-17-7-2-8-18-28;1-5-13-25(14-6-1)33-31-23-21-30-29(37(31)39-35(33)27-17-9-3-10-18-27)22-24-32-34(26-15-7-2-8-16-26)36(40-38(30)32)28-19-11-4-12-20-28;15-13(11-7-3-1-4-8-11)14(16)12-9-5-2-6-10-12;11-9-5-1-3-7-8(9)4-2-6-10(7)12/h1-26,37-38H;1-24H;1-10,13H;1-6,11-12H. The molecule has 3 atom stereocenters. The van der Waals surface area contributed by atoms with Crippen molar-refractivity contribution < 1.29 is 42.9 Å². The minimum atomic E-state index is -0.847. The van der Waals surface area contributed by atoms with E-state index in [4.69, 9.17) is 29.9 Å². The number of Topliss-reactive ketones (excluding diaryl/α,β-unsaturated/α-hetero) is 3. The smallest absolute Gasteiger partial charge is 0.207 e. The molecule has 18 rings (SSSR count). The average molecular weight is 1450 g/mol. The second kappa shape index (κ2) is 33.5. The lowest BCUT2D eigenvalue weighted by molar-refractivity contribution is 0.0787. The molecule has 2 aromatic heterocycles. The van der Waals surface area contributed by atoms with E-state index >= 15 is 0 Å². The molecule has 0 radical (unpaired) electrons. The van der Waals surface area contributed by atoms with Gasteiger partial charge in [-0.15, -0.1) is 11.6 Å². The summed E-state index contributed by atoms with van der Waals surface area (Å²) in [5.41, 5.74) is 12.5. The van der Waals surface area contributed by atoms with Crippen molar-refractivity contribution in [3.05, 3.63) is 434 Å². The molecule has 2 N–H and O–H groups in total. The maximum absolute atomic E-state index is 13.7. The van der Waals surface area contributed by atoms with E-state index < -0.39 is 17.6 Å². The molecule has 0 spiro atoms. The molecule has 110 heavy (non-hydrogen) atoms. The summed E-state index contributed by atoms with van der Waals surface area (Å²) < 4.78 is 26.6. The van der Waals surface area contributed by atoms with Crippen LogP contribution in [0, 0.1) is 0 Å². The zero-order valence-corrected chi connectivity index (χ0v) is 60.2. The van der Waals surface area contributed by atoms with Crippen LogP contribution in [0.1, 0.15) is 65.3 Å². The minimum absolute atomic E-state index is 0.0616. The number of hydrogen-bond donors (Lipinski definition) is 2. The van der Waals surface area contributed by atoms with Crippen molar-refractivity contribution in [2.45, 2.75) is 17.6 Å². The van der Waals surface area contributed by atoms with Crippen molar-refractivity contribution >= 4 is 83.2 Å². The summed E-state index contributed by atoms with van der Waals surface area (Å²) in [4.78, 5) is 39.4. The number of halogens is 1. The summed E-state index contributed by atoms with van der Waals surface area (Å²) in [7, 11) is 0. The number of ketones is 3. The Kier molecular flexibility index (Phi) is 21.8. The quantitative estimate of drug-likeness (QED) is 0.0674. The van der Waals surface area contributed by atoms with E-state index in [2.05, 4.69) is 121 Å². The molecule has 0 saturated heterocycles. The van der Waals surface area contributed by atoms with Gasteiger partial charge in [-0.3, -0.25) is 14.4 Å². The Morgan fingerprint density at radius 2 is 0.527 bits per heavy atom. The molecule has 0 aliphatic heterocycles.